The number of ether oxygens (including phenoxy) is 2. The summed E-state index contributed by atoms with van der Waals surface area (Å²) in [7, 11) is 1.63. The van der Waals surface area contributed by atoms with Gasteiger partial charge in [-0.3, -0.25) is 4.79 Å². The molecular formula is C20H23ClFN3O3. The summed E-state index contributed by atoms with van der Waals surface area (Å²) >= 11 is 5.80. The van der Waals surface area contributed by atoms with Crippen molar-refractivity contribution in [1.29, 1.82) is 0 Å². The Hall–Kier alpha value is -2.38. The first-order valence-corrected chi connectivity index (χ1v) is 9.59. The summed E-state index contributed by atoms with van der Waals surface area (Å²) in [5, 5.41) is 3.25. The summed E-state index contributed by atoms with van der Waals surface area (Å²) in [4.78, 5) is 18.6. The van der Waals surface area contributed by atoms with Gasteiger partial charge in [0, 0.05) is 25.6 Å². The molecule has 0 radical (unpaired) electrons. The summed E-state index contributed by atoms with van der Waals surface area (Å²) in [6, 6.07) is 8.05. The molecule has 1 aliphatic heterocycles. The molecule has 2 aromatic rings. The molecule has 1 aliphatic rings. The number of rotatable bonds is 7. The molecule has 0 spiro atoms. The molecule has 3 rings (SSSR count). The number of benzene rings is 1. The number of nitrogens with zero attached hydrogens (tertiary/aromatic N) is 2. The lowest BCUT2D eigenvalue weighted by Gasteiger charge is -2.34. The fraction of sp³-hybridized carbons (Fsp3) is 0.400. The van der Waals surface area contributed by atoms with Crippen LogP contribution in [0.1, 0.15) is 18.1 Å². The predicted molar refractivity (Wildman–Crippen MR) is 107 cm³/mol. The Labute approximate surface area is 168 Å². The van der Waals surface area contributed by atoms with Crippen LogP contribution in [0.4, 0.5) is 15.9 Å². The first-order valence-electron chi connectivity index (χ1n) is 9.05. The number of carbonyl (C=O) groups is 1. The van der Waals surface area contributed by atoms with Crippen molar-refractivity contribution in [2.75, 3.05) is 43.0 Å². The highest BCUT2D eigenvalue weighted by Crippen LogP contribution is 2.36. The number of carbonyl (C=O) groups excluding carboxylic acids is 1. The average Bonchev–Trinajstić information content (AvgIpc) is 2.70. The van der Waals surface area contributed by atoms with Crippen molar-refractivity contribution in [3.8, 4) is 5.88 Å². The summed E-state index contributed by atoms with van der Waals surface area (Å²) in [5.74, 6) is 0.428. The van der Waals surface area contributed by atoms with Crippen LogP contribution in [0, 0.1) is 5.82 Å². The number of amides is 1. The van der Waals surface area contributed by atoms with Gasteiger partial charge in [-0.15, -0.1) is 11.6 Å². The van der Waals surface area contributed by atoms with Crippen LogP contribution in [0.15, 0.2) is 30.3 Å². The molecule has 1 atom stereocenters. The number of anilines is 2. The molecule has 1 aromatic heterocycles. The topological polar surface area (TPSA) is 63.7 Å². The lowest BCUT2D eigenvalue weighted by Crippen LogP contribution is -2.46. The Morgan fingerprint density at radius 1 is 1.43 bits per heavy atom. The fourth-order valence-electron chi connectivity index (χ4n) is 3.14. The minimum Gasteiger partial charge on any atom is -0.474 e. The zero-order valence-electron chi connectivity index (χ0n) is 15.9. The van der Waals surface area contributed by atoms with Gasteiger partial charge in [0.2, 0.25) is 11.8 Å². The summed E-state index contributed by atoms with van der Waals surface area (Å²) in [6.07, 6.45) is 0.521. The van der Waals surface area contributed by atoms with E-state index in [1.807, 2.05) is 13.0 Å². The number of hydrogen-bond donors (Lipinski definition) is 1. The van der Waals surface area contributed by atoms with Gasteiger partial charge in [0.05, 0.1) is 12.6 Å². The van der Waals surface area contributed by atoms with E-state index in [0.717, 1.165) is 11.1 Å². The zero-order chi connectivity index (χ0) is 20.1. The lowest BCUT2D eigenvalue weighted by atomic mass is 10.0. The van der Waals surface area contributed by atoms with Gasteiger partial charge in [-0.05, 0) is 30.7 Å². The van der Waals surface area contributed by atoms with E-state index < -0.39 is 0 Å². The quantitative estimate of drug-likeness (QED) is 0.564. The monoisotopic (exact) mass is 407 g/mol. The molecule has 0 bridgehead atoms. The number of aromatic nitrogens is 1. The molecule has 8 heteroatoms. The summed E-state index contributed by atoms with van der Waals surface area (Å²) in [6.45, 7) is 3.33. The van der Waals surface area contributed by atoms with E-state index in [0.29, 0.717) is 43.6 Å². The molecule has 0 fully saturated rings. The van der Waals surface area contributed by atoms with E-state index in [2.05, 4.69) is 10.3 Å². The molecule has 1 unspecified atom stereocenters. The second kappa shape index (κ2) is 9.21. The standard InChI is InChI=1S/C20H23ClFN3O3/c1-13-12-28-20-17(25(13)18(26)11-21)10-15(19(24-20)23-7-8-27-2)9-14-3-5-16(22)6-4-14/h3-6,10,13H,7-9,11-12H2,1-2H3,(H,23,24). The summed E-state index contributed by atoms with van der Waals surface area (Å²) in [5.41, 5.74) is 2.39. The van der Waals surface area contributed by atoms with E-state index >= 15 is 0 Å². The number of halogens is 2. The van der Waals surface area contributed by atoms with Crippen molar-refractivity contribution in [3.05, 3.63) is 47.3 Å². The maximum atomic E-state index is 13.2. The van der Waals surface area contributed by atoms with Crippen LogP contribution in [-0.2, 0) is 16.0 Å². The second-order valence-electron chi connectivity index (χ2n) is 6.60. The zero-order valence-corrected chi connectivity index (χ0v) is 16.6. The highest BCUT2D eigenvalue weighted by Gasteiger charge is 2.31. The number of fused-ring (bicyclic) bond motifs is 1. The number of nitrogens with one attached hydrogen (secondary N) is 1. The van der Waals surface area contributed by atoms with Crippen LogP contribution in [0.5, 0.6) is 5.88 Å². The van der Waals surface area contributed by atoms with Crippen LogP contribution in [-0.4, -0.2) is 49.7 Å². The maximum absolute atomic E-state index is 13.2. The number of pyridine rings is 1. The molecule has 0 aliphatic carbocycles. The number of hydrogen-bond acceptors (Lipinski definition) is 5. The Kier molecular flexibility index (Phi) is 6.70. The van der Waals surface area contributed by atoms with Crippen LogP contribution >= 0.6 is 11.6 Å². The Morgan fingerprint density at radius 2 is 2.18 bits per heavy atom. The SMILES string of the molecule is COCCNc1nc2c(cc1Cc1ccc(F)cc1)N(C(=O)CCl)C(C)CO2. The number of methoxy groups -OCH3 is 1. The van der Waals surface area contributed by atoms with E-state index in [4.69, 9.17) is 21.1 Å². The molecule has 2 heterocycles. The summed E-state index contributed by atoms with van der Waals surface area (Å²) < 4.78 is 24.1. The van der Waals surface area contributed by atoms with Crippen LogP contribution in [0.25, 0.3) is 0 Å². The Morgan fingerprint density at radius 3 is 2.86 bits per heavy atom. The van der Waals surface area contributed by atoms with E-state index in [9.17, 15) is 9.18 Å². The maximum Gasteiger partial charge on any atom is 0.242 e. The van der Waals surface area contributed by atoms with Gasteiger partial charge in [-0.2, -0.15) is 4.98 Å². The van der Waals surface area contributed by atoms with Gasteiger partial charge in [-0.1, -0.05) is 12.1 Å². The third kappa shape index (κ3) is 4.54. The van der Waals surface area contributed by atoms with E-state index in [1.54, 1.807) is 24.1 Å². The molecule has 1 N–H and O–H groups in total. The first-order chi connectivity index (χ1) is 13.5. The van der Waals surface area contributed by atoms with E-state index in [1.165, 1.54) is 12.1 Å². The van der Waals surface area contributed by atoms with Crippen LogP contribution < -0.4 is 15.0 Å². The molecular weight excluding hydrogens is 385 g/mol. The fourth-order valence-corrected chi connectivity index (χ4v) is 3.27. The molecule has 6 nitrogen and oxygen atoms in total. The molecule has 1 amide bonds. The first kappa shape index (κ1) is 20.4. The Bertz CT molecular complexity index is 832. The second-order valence-corrected chi connectivity index (χ2v) is 6.87. The van der Waals surface area contributed by atoms with Crippen molar-refractivity contribution in [1.82, 2.24) is 4.98 Å². The molecule has 150 valence electrons. The average molecular weight is 408 g/mol. The van der Waals surface area contributed by atoms with Gasteiger partial charge in [0.25, 0.3) is 0 Å². The van der Waals surface area contributed by atoms with Gasteiger partial charge >= 0.3 is 0 Å². The van der Waals surface area contributed by atoms with Gasteiger partial charge in [-0.25, -0.2) is 4.39 Å². The molecule has 28 heavy (non-hydrogen) atoms. The minimum atomic E-state index is -0.285. The number of alkyl halides is 1. The third-order valence-corrected chi connectivity index (χ3v) is 4.73. The van der Waals surface area contributed by atoms with Crippen LogP contribution in [0.2, 0.25) is 0 Å². The lowest BCUT2D eigenvalue weighted by molar-refractivity contribution is -0.117. The van der Waals surface area contributed by atoms with Gasteiger partial charge in [0.1, 0.15) is 29.8 Å². The highest BCUT2D eigenvalue weighted by atomic mass is 35.5. The Balaban J connectivity index is 2.00. The van der Waals surface area contributed by atoms with Crippen molar-refractivity contribution in [2.24, 2.45) is 0 Å². The van der Waals surface area contributed by atoms with Crippen molar-refractivity contribution >= 4 is 29.0 Å². The van der Waals surface area contributed by atoms with Crippen molar-refractivity contribution in [3.63, 3.8) is 0 Å². The molecule has 0 saturated carbocycles. The van der Waals surface area contributed by atoms with Gasteiger partial charge in [0.15, 0.2) is 0 Å². The van der Waals surface area contributed by atoms with Crippen molar-refractivity contribution < 1.29 is 18.7 Å². The smallest absolute Gasteiger partial charge is 0.242 e. The molecule has 0 saturated heterocycles. The third-order valence-electron chi connectivity index (χ3n) is 4.50. The van der Waals surface area contributed by atoms with Crippen LogP contribution in [0.3, 0.4) is 0 Å². The van der Waals surface area contributed by atoms with Crippen molar-refractivity contribution in [2.45, 2.75) is 19.4 Å². The minimum absolute atomic E-state index is 0.120. The highest BCUT2D eigenvalue weighted by molar-refractivity contribution is 6.29. The van der Waals surface area contributed by atoms with Gasteiger partial charge < -0.3 is 19.7 Å². The van der Waals surface area contributed by atoms with E-state index in [-0.39, 0.29) is 23.6 Å². The normalized spacial score (nSPS) is 15.7. The largest absolute Gasteiger partial charge is 0.474 e. The predicted octanol–water partition coefficient (Wildman–Crippen LogP) is 3.22. The molecule has 1 aromatic carbocycles.